The summed E-state index contributed by atoms with van der Waals surface area (Å²) in [5, 5.41) is 2.71. The van der Waals surface area contributed by atoms with E-state index in [1.54, 1.807) is 0 Å². The van der Waals surface area contributed by atoms with Gasteiger partial charge in [0.05, 0.1) is 13.7 Å². The van der Waals surface area contributed by atoms with Crippen molar-refractivity contribution in [1.29, 1.82) is 0 Å². The molecule has 0 heterocycles. The van der Waals surface area contributed by atoms with Gasteiger partial charge in [0, 0.05) is 13.0 Å². The highest BCUT2D eigenvalue weighted by atomic mass is 35.5. The fraction of sp³-hybridized carbons (Fsp3) is 0.818. The van der Waals surface area contributed by atoms with E-state index in [4.69, 9.17) is 5.73 Å². The van der Waals surface area contributed by atoms with Crippen molar-refractivity contribution in [2.45, 2.75) is 38.5 Å². The maximum atomic E-state index is 10.8. The van der Waals surface area contributed by atoms with Gasteiger partial charge in [-0.2, -0.15) is 0 Å². The molecule has 17 heavy (non-hydrogen) atoms. The Morgan fingerprint density at radius 2 is 1.71 bits per heavy atom. The Kier molecular flexibility index (Phi) is 14.5. The molecule has 0 unspecified atom stereocenters. The van der Waals surface area contributed by atoms with E-state index in [0.29, 0.717) is 13.0 Å². The fourth-order valence-corrected chi connectivity index (χ4v) is 1.33. The summed E-state index contributed by atoms with van der Waals surface area (Å²) in [6, 6.07) is 0. The summed E-state index contributed by atoms with van der Waals surface area (Å²) in [6.45, 7) is 0.742. The molecule has 1 amide bonds. The molecule has 0 spiro atoms. The number of nitrogens with two attached hydrogens (primary N) is 1. The van der Waals surface area contributed by atoms with E-state index in [2.05, 4.69) is 10.1 Å². The maximum Gasteiger partial charge on any atom is 0.305 e. The number of ether oxygens (including phenoxy) is 1. The van der Waals surface area contributed by atoms with E-state index in [1.165, 1.54) is 7.11 Å². The summed E-state index contributed by atoms with van der Waals surface area (Å²) in [5.74, 6) is -0.249. The van der Waals surface area contributed by atoms with Crippen molar-refractivity contribution in [3.05, 3.63) is 0 Å². The molecular formula is C11H23ClN2O3. The minimum absolute atomic E-state index is 0. The van der Waals surface area contributed by atoms with E-state index in [1.807, 2.05) is 0 Å². The van der Waals surface area contributed by atoms with Crippen molar-refractivity contribution in [2.24, 2.45) is 5.73 Å². The number of carbonyl (C=O) groups excluding carboxylic acids is 2. The summed E-state index contributed by atoms with van der Waals surface area (Å²) < 4.78 is 4.54. The van der Waals surface area contributed by atoms with Gasteiger partial charge in [-0.05, 0) is 12.8 Å². The summed E-state index contributed by atoms with van der Waals surface area (Å²) in [5.41, 5.74) is 5.14. The monoisotopic (exact) mass is 266 g/mol. The van der Waals surface area contributed by atoms with E-state index < -0.39 is 0 Å². The second-order valence-corrected chi connectivity index (χ2v) is 3.65. The number of unbranched alkanes of at least 4 members (excludes halogenated alkanes) is 4. The molecule has 0 atom stereocenters. The van der Waals surface area contributed by atoms with Crippen LogP contribution in [-0.4, -0.2) is 32.1 Å². The van der Waals surface area contributed by atoms with Crippen molar-refractivity contribution < 1.29 is 14.3 Å². The molecule has 0 rings (SSSR count). The van der Waals surface area contributed by atoms with Crippen LogP contribution in [-0.2, 0) is 14.3 Å². The first-order valence-electron chi connectivity index (χ1n) is 5.74. The molecule has 0 aromatic rings. The van der Waals surface area contributed by atoms with Crippen LogP contribution in [0.1, 0.15) is 38.5 Å². The first-order chi connectivity index (χ1) is 7.70. The van der Waals surface area contributed by atoms with Crippen molar-refractivity contribution in [3.63, 3.8) is 0 Å². The highest BCUT2D eigenvalue weighted by Crippen LogP contribution is 2.05. The lowest BCUT2D eigenvalue weighted by atomic mass is 10.1. The highest BCUT2D eigenvalue weighted by molar-refractivity contribution is 5.85. The van der Waals surface area contributed by atoms with Crippen LogP contribution >= 0.6 is 12.4 Å². The van der Waals surface area contributed by atoms with Crippen LogP contribution < -0.4 is 11.1 Å². The van der Waals surface area contributed by atoms with Gasteiger partial charge in [-0.3, -0.25) is 9.59 Å². The molecule has 0 aromatic carbocycles. The van der Waals surface area contributed by atoms with Crippen LogP contribution in [0.4, 0.5) is 0 Å². The summed E-state index contributed by atoms with van der Waals surface area (Å²) in [6.07, 6.45) is 5.51. The number of rotatable bonds is 9. The Balaban J connectivity index is 0. The summed E-state index contributed by atoms with van der Waals surface area (Å²) in [7, 11) is 1.41. The van der Waals surface area contributed by atoms with E-state index >= 15 is 0 Å². The lowest BCUT2D eigenvalue weighted by molar-refractivity contribution is -0.140. The molecule has 5 nitrogen and oxygen atoms in total. The van der Waals surface area contributed by atoms with Gasteiger partial charge in [0.2, 0.25) is 5.91 Å². The maximum absolute atomic E-state index is 10.8. The van der Waals surface area contributed by atoms with Crippen LogP contribution in [0.5, 0.6) is 0 Å². The second kappa shape index (κ2) is 13.3. The number of hydrogen-bond donors (Lipinski definition) is 2. The minimum atomic E-state index is -0.143. The average Bonchev–Trinajstić information content (AvgIpc) is 2.31. The number of amides is 1. The molecule has 102 valence electrons. The zero-order chi connectivity index (χ0) is 12.2. The first-order valence-corrected chi connectivity index (χ1v) is 5.74. The zero-order valence-corrected chi connectivity index (χ0v) is 11.2. The lowest BCUT2D eigenvalue weighted by Crippen LogP contribution is -2.30. The predicted octanol–water partition coefficient (Wildman–Crippen LogP) is 0.997. The molecule has 0 aliphatic rings. The summed E-state index contributed by atoms with van der Waals surface area (Å²) in [4.78, 5) is 21.5. The standard InChI is InChI=1S/C11H22N2O3.ClH/c1-16-11(15)7-5-3-2-4-6-8-13-10(14)9-12;/h2-9,12H2,1H3,(H,13,14);1H. The number of nitrogens with one attached hydrogen (secondary N) is 1. The Labute approximate surface area is 109 Å². The van der Waals surface area contributed by atoms with E-state index in [0.717, 1.165) is 32.1 Å². The van der Waals surface area contributed by atoms with Gasteiger partial charge in [0.15, 0.2) is 0 Å². The van der Waals surface area contributed by atoms with Crippen molar-refractivity contribution in [2.75, 3.05) is 20.2 Å². The molecule has 6 heteroatoms. The van der Waals surface area contributed by atoms with Crippen LogP contribution in [0.3, 0.4) is 0 Å². The normalized spacial score (nSPS) is 9.29. The molecule has 0 saturated heterocycles. The van der Waals surface area contributed by atoms with Crippen molar-refractivity contribution in [1.82, 2.24) is 5.32 Å². The molecule has 0 radical (unpaired) electrons. The van der Waals surface area contributed by atoms with Crippen LogP contribution in [0, 0.1) is 0 Å². The fourth-order valence-electron chi connectivity index (χ4n) is 1.33. The molecule has 0 aromatic heterocycles. The van der Waals surface area contributed by atoms with Gasteiger partial charge >= 0.3 is 5.97 Å². The quantitative estimate of drug-likeness (QED) is 0.482. The van der Waals surface area contributed by atoms with Gasteiger partial charge < -0.3 is 15.8 Å². The van der Waals surface area contributed by atoms with Crippen molar-refractivity contribution in [3.8, 4) is 0 Å². The first kappa shape index (κ1) is 18.6. The predicted molar refractivity (Wildman–Crippen MR) is 69.0 cm³/mol. The molecule has 0 fully saturated rings. The van der Waals surface area contributed by atoms with Crippen LogP contribution in [0.2, 0.25) is 0 Å². The lowest BCUT2D eigenvalue weighted by Gasteiger charge is -2.03. The third-order valence-electron chi connectivity index (χ3n) is 2.29. The second-order valence-electron chi connectivity index (χ2n) is 3.65. The number of hydrogen-bond acceptors (Lipinski definition) is 4. The van der Waals surface area contributed by atoms with Gasteiger partial charge in [0.1, 0.15) is 0 Å². The summed E-state index contributed by atoms with van der Waals surface area (Å²) >= 11 is 0. The third kappa shape index (κ3) is 13.1. The largest absolute Gasteiger partial charge is 0.469 e. The average molecular weight is 267 g/mol. The van der Waals surface area contributed by atoms with Gasteiger partial charge in [-0.25, -0.2) is 0 Å². The van der Waals surface area contributed by atoms with Crippen LogP contribution in [0.15, 0.2) is 0 Å². The van der Waals surface area contributed by atoms with E-state index in [9.17, 15) is 9.59 Å². The molecule has 0 bridgehead atoms. The molecule has 0 saturated carbocycles. The molecule has 0 aliphatic carbocycles. The van der Waals surface area contributed by atoms with Crippen molar-refractivity contribution >= 4 is 24.3 Å². The SMILES string of the molecule is COC(=O)CCCCCCCNC(=O)CN.Cl. The number of esters is 1. The van der Waals surface area contributed by atoms with Gasteiger partial charge in [-0.1, -0.05) is 19.3 Å². The topological polar surface area (TPSA) is 81.4 Å². The third-order valence-corrected chi connectivity index (χ3v) is 2.29. The number of methoxy groups -OCH3 is 1. The Morgan fingerprint density at radius 3 is 2.29 bits per heavy atom. The molecule has 0 aliphatic heterocycles. The number of carbonyl (C=O) groups is 2. The highest BCUT2D eigenvalue weighted by Gasteiger charge is 1.99. The number of halogens is 1. The molecular weight excluding hydrogens is 244 g/mol. The van der Waals surface area contributed by atoms with Crippen LogP contribution in [0.25, 0.3) is 0 Å². The van der Waals surface area contributed by atoms with Gasteiger partial charge in [-0.15, -0.1) is 12.4 Å². The smallest absolute Gasteiger partial charge is 0.305 e. The Morgan fingerprint density at radius 1 is 1.12 bits per heavy atom. The van der Waals surface area contributed by atoms with Gasteiger partial charge in [0.25, 0.3) is 0 Å². The minimum Gasteiger partial charge on any atom is -0.469 e. The molecule has 3 N–H and O–H groups in total. The Bertz CT molecular complexity index is 191. The van der Waals surface area contributed by atoms with E-state index in [-0.39, 0.29) is 30.8 Å². The Hall–Kier alpha value is -0.810. The zero-order valence-electron chi connectivity index (χ0n) is 10.4.